The quantitative estimate of drug-likeness (QED) is 0.103. The number of aromatic nitrogens is 16. The van der Waals surface area contributed by atoms with Crippen molar-refractivity contribution in [2.45, 2.75) is 72.4 Å². The lowest BCUT2D eigenvalue weighted by Crippen LogP contribution is -2.19. The highest BCUT2D eigenvalue weighted by Gasteiger charge is 2.26. The first-order chi connectivity index (χ1) is 36.9. The van der Waals surface area contributed by atoms with Gasteiger partial charge in [-0.3, -0.25) is 24.5 Å². The number of aliphatic imine (C=N–C) groups is 1. The summed E-state index contributed by atoms with van der Waals surface area (Å²) in [5.74, 6) is 3.50. The molecule has 76 heavy (non-hydrogen) atoms. The lowest BCUT2D eigenvalue weighted by molar-refractivity contribution is -0.0309. The molecule has 0 amide bonds. The molecule has 2 aliphatic rings. The van der Waals surface area contributed by atoms with Gasteiger partial charge in [0, 0.05) is 18.7 Å². The Kier molecular flexibility index (Phi) is 14.1. The van der Waals surface area contributed by atoms with Crippen molar-refractivity contribution in [3.63, 3.8) is 0 Å². The number of tetrazole rings is 2. The number of nitrogens with zero attached hydrogens (tertiary/aromatic N) is 19. The molecule has 24 nitrogen and oxygen atoms in total. The van der Waals surface area contributed by atoms with Gasteiger partial charge in [0.1, 0.15) is 23.3 Å². The molecule has 2 N–H and O–H groups in total. The molecule has 382 valence electrons. The topological polar surface area (TPSA) is 255 Å². The van der Waals surface area contributed by atoms with Crippen LogP contribution in [0.15, 0.2) is 65.9 Å². The predicted octanol–water partition coefficient (Wildman–Crippen LogP) is 8.53. The molecule has 0 spiro atoms. The van der Waals surface area contributed by atoms with Gasteiger partial charge < -0.3 is 34.5 Å². The fourth-order valence-corrected chi connectivity index (χ4v) is 9.08. The minimum Gasteiger partial charge on any atom is -0.494 e. The Morgan fingerprint density at radius 1 is 0.684 bits per heavy atom. The minimum absolute atomic E-state index is 0.141. The molecule has 0 bridgehead atoms. The number of fused-ring (bicyclic) bond motifs is 2. The van der Waals surface area contributed by atoms with Crippen LogP contribution >= 0.6 is 0 Å². The van der Waals surface area contributed by atoms with E-state index < -0.39 is 0 Å². The van der Waals surface area contributed by atoms with E-state index in [0.29, 0.717) is 100 Å². The molecule has 2 aromatic carbocycles. The molecule has 1 fully saturated rings. The zero-order chi connectivity index (χ0) is 53.0. The van der Waals surface area contributed by atoms with Gasteiger partial charge in [-0.05, 0) is 93.8 Å². The number of imidazole rings is 1. The van der Waals surface area contributed by atoms with Crippen LogP contribution in [0.2, 0.25) is 0 Å². The third kappa shape index (κ3) is 10.3. The van der Waals surface area contributed by atoms with Crippen molar-refractivity contribution in [3.05, 3.63) is 129 Å². The van der Waals surface area contributed by atoms with Gasteiger partial charge in [-0.2, -0.15) is 9.59 Å². The van der Waals surface area contributed by atoms with Gasteiger partial charge in [0.2, 0.25) is 11.6 Å². The van der Waals surface area contributed by atoms with E-state index in [-0.39, 0.29) is 12.0 Å². The number of hydrogen-bond acceptors (Lipinski definition) is 19. The SMILES string of the molecule is [C-]#[N+]c1nc(Cc2cc(Nc3cccc(-c4nnn(C)n4)c3OC)c3c(n2)CC(C)=N3)cnc1C.[C-]#[N+]c1nc(Cc2cc(Nc3cccc(-c4nnn(C)n4)c3OC)c3nc(C)n(C4CCCCO4)c3n2)cnc1C. The molecule has 11 rings (SSSR count). The van der Waals surface area contributed by atoms with Crippen LogP contribution in [0.1, 0.15) is 78.1 Å². The van der Waals surface area contributed by atoms with Crippen LogP contribution in [-0.4, -0.2) is 106 Å². The van der Waals surface area contributed by atoms with Crippen molar-refractivity contribution >= 4 is 56.9 Å². The first-order valence-corrected chi connectivity index (χ1v) is 24.2. The van der Waals surface area contributed by atoms with E-state index in [9.17, 15) is 0 Å². The number of ether oxygens (including phenoxy) is 3. The summed E-state index contributed by atoms with van der Waals surface area (Å²) in [7, 11) is 6.65. The number of hydrogen-bond donors (Lipinski definition) is 2. The van der Waals surface area contributed by atoms with E-state index in [1.807, 2.05) is 62.4 Å². The molecular formula is C52H51N21O3. The Hall–Kier alpha value is -9.68. The molecule has 1 unspecified atom stereocenters. The lowest BCUT2D eigenvalue weighted by atomic mass is 10.1. The first kappa shape index (κ1) is 49.9. The van der Waals surface area contributed by atoms with E-state index in [0.717, 1.165) is 76.2 Å². The summed E-state index contributed by atoms with van der Waals surface area (Å²) in [5.41, 5.74) is 12.6. The van der Waals surface area contributed by atoms with Gasteiger partial charge in [0.15, 0.2) is 28.5 Å². The van der Waals surface area contributed by atoms with Crippen molar-refractivity contribution in [3.8, 4) is 34.3 Å². The van der Waals surface area contributed by atoms with Gasteiger partial charge in [-0.1, -0.05) is 25.3 Å². The zero-order valence-corrected chi connectivity index (χ0v) is 43.0. The van der Waals surface area contributed by atoms with Crippen molar-refractivity contribution in [1.82, 2.24) is 79.9 Å². The average Bonchev–Trinajstić information content (AvgIpc) is 4.26. The second kappa shape index (κ2) is 21.4. The van der Waals surface area contributed by atoms with E-state index >= 15 is 0 Å². The van der Waals surface area contributed by atoms with Crippen LogP contribution < -0.4 is 20.1 Å². The number of pyridine rings is 2. The van der Waals surface area contributed by atoms with Crippen LogP contribution in [0.4, 0.5) is 40.1 Å². The maximum Gasteiger partial charge on any atom is 0.291 e. The summed E-state index contributed by atoms with van der Waals surface area (Å²) in [6, 6.07) is 15.3. The van der Waals surface area contributed by atoms with Gasteiger partial charge >= 0.3 is 0 Å². The highest BCUT2D eigenvalue weighted by molar-refractivity contribution is 5.96. The summed E-state index contributed by atoms with van der Waals surface area (Å²) in [5, 5.41) is 31.9. The second-order valence-electron chi connectivity index (χ2n) is 18.0. The molecule has 0 aliphatic carbocycles. The normalized spacial score (nSPS) is 13.8. The third-order valence-electron chi connectivity index (χ3n) is 12.5. The monoisotopic (exact) mass is 1020 g/mol. The van der Waals surface area contributed by atoms with Crippen LogP contribution in [0.5, 0.6) is 11.5 Å². The molecule has 0 saturated carbocycles. The smallest absolute Gasteiger partial charge is 0.291 e. The summed E-state index contributed by atoms with van der Waals surface area (Å²) in [4.78, 5) is 46.9. The maximum absolute atomic E-state index is 7.44. The number of rotatable bonds is 13. The molecule has 1 saturated heterocycles. The van der Waals surface area contributed by atoms with Gasteiger partial charge in [0.25, 0.3) is 11.6 Å². The number of nitrogens with one attached hydrogen (secondary N) is 2. The van der Waals surface area contributed by atoms with E-state index in [2.05, 4.69) is 75.6 Å². The Morgan fingerprint density at radius 3 is 1.78 bits per heavy atom. The zero-order valence-electron chi connectivity index (χ0n) is 43.0. The molecule has 24 heteroatoms. The summed E-state index contributed by atoms with van der Waals surface area (Å²) in [6.45, 7) is 23.0. The van der Waals surface area contributed by atoms with Crippen molar-refractivity contribution in [1.29, 1.82) is 0 Å². The molecule has 2 aliphatic heterocycles. The fraction of sp³-hybridized carbons (Fsp3) is 0.308. The number of para-hydroxylation sites is 2. The second-order valence-corrected chi connectivity index (χ2v) is 18.0. The van der Waals surface area contributed by atoms with Crippen LogP contribution in [0.25, 0.3) is 43.6 Å². The minimum atomic E-state index is -0.141. The Labute approximate surface area is 436 Å². The van der Waals surface area contributed by atoms with Crippen LogP contribution in [0.3, 0.4) is 0 Å². The Morgan fingerprint density at radius 2 is 1.25 bits per heavy atom. The Balaban J connectivity index is 0.000000175. The molecule has 0 radical (unpaired) electrons. The fourth-order valence-electron chi connectivity index (χ4n) is 9.08. The van der Waals surface area contributed by atoms with Crippen molar-refractivity contribution in [2.24, 2.45) is 19.1 Å². The molecular weight excluding hydrogens is 967 g/mol. The molecule has 7 aromatic heterocycles. The summed E-state index contributed by atoms with van der Waals surface area (Å²) < 4.78 is 19.8. The highest BCUT2D eigenvalue weighted by Crippen LogP contribution is 2.42. The van der Waals surface area contributed by atoms with Gasteiger partial charge in [-0.15, -0.1) is 30.4 Å². The molecule has 9 heterocycles. The number of aryl methyl sites for hydroxylation is 5. The molecule has 1 atom stereocenters. The van der Waals surface area contributed by atoms with Gasteiger partial charge in [-0.25, -0.2) is 9.97 Å². The van der Waals surface area contributed by atoms with Crippen LogP contribution in [0, 0.1) is 33.9 Å². The standard InChI is InChI=1S/C28H29N11O2.C24H22N10O/c1-16-26(29-3)32-19(15-30-16)13-18-14-22(24-28(33-18)39(17(2)31-24)23-11-6-7-12-41-23)34-21-10-8-9-20(25(21)40-5)27-35-37-38(4)36-27;1-13-9-19-21(27-13)20(11-15(28-19)10-16-12-26-14(2)23(25-3)29-16)30-18-8-6-7-17(22(18)35-5)24-31-33-34(4)32-24/h8-10,14-15,23H,6-7,11-13H2,1-2,4-5H3,(H,33,34);6-8,11-12H,9-10H2,1-2,4-5H3,(H,28,30). The first-order valence-electron chi connectivity index (χ1n) is 24.2. The third-order valence-corrected chi connectivity index (χ3v) is 12.5. The van der Waals surface area contributed by atoms with Crippen LogP contribution in [-0.2, 0) is 38.1 Å². The number of anilines is 4. The Bertz CT molecular complexity index is 3780. The van der Waals surface area contributed by atoms with Crippen molar-refractivity contribution < 1.29 is 14.2 Å². The summed E-state index contributed by atoms with van der Waals surface area (Å²) >= 11 is 0. The van der Waals surface area contributed by atoms with Gasteiger partial charge in [0.05, 0.1) is 116 Å². The average molecular weight is 1020 g/mol. The van der Waals surface area contributed by atoms with Crippen molar-refractivity contribution in [2.75, 3.05) is 31.5 Å². The van der Waals surface area contributed by atoms with E-state index in [1.54, 1.807) is 54.6 Å². The number of benzene rings is 2. The maximum atomic E-state index is 7.44. The van der Waals surface area contributed by atoms with E-state index in [4.69, 9.17) is 47.3 Å². The summed E-state index contributed by atoms with van der Waals surface area (Å²) in [6.07, 6.45) is 7.75. The van der Waals surface area contributed by atoms with E-state index in [1.165, 1.54) is 9.59 Å². The lowest BCUT2D eigenvalue weighted by Gasteiger charge is -2.25. The predicted molar refractivity (Wildman–Crippen MR) is 282 cm³/mol. The number of methoxy groups -OCH3 is 2. The largest absolute Gasteiger partial charge is 0.494 e. The molecule has 9 aromatic rings. The highest BCUT2D eigenvalue weighted by atomic mass is 16.5.